The maximum absolute atomic E-state index is 5.49. The van der Waals surface area contributed by atoms with Gasteiger partial charge in [-0.25, -0.2) is 9.98 Å². The molecule has 0 spiro atoms. The summed E-state index contributed by atoms with van der Waals surface area (Å²) in [6.07, 6.45) is 5.77. The molecule has 2 aliphatic rings. The van der Waals surface area contributed by atoms with E-state index >= 15 is 0 Å². The number of nitrogens with zero attached hydrogens (tertiary/aromatic N) is 4. The van der Waals surface area contributed by atoms with Gasteiger partial charge in [-0.15, -0.1) is 0 Å². The zero-order valence-electron chi connectivity index (χ0n) is 18.4. The second kappa shape index (κ2) is 10.8. The average Bonchev–Trinajstić information content (AvgIpc) is 2.77. The summed E-state index contributed by atoms with van der Waals surface area (Å²) in [4.78, 5) is 14.3. The number of guanidine groups is 1. The van der Waals surface area contributed by atoms with E-state index in [-0.39, 0.29) is 5.54 Å². The molecule has 29 heavy (non-hydrogen) atoms. The summed E-state index contributed by atoms with van der Waals surface area (Å²) in [6.45, 7) is 14.8. The second-order valence-electron chi connectivity index (χ2n) is 8.53. The van der Waals surface area contributed by atoms with Crippen molar-refractivity contribution in [2.45, 2.75) is 52.1 Å². The van der Waals surface area contributed by atoms with Gasteiger partial charge in [-0.2, -0.15) is 0 Å². The molecule has 1 aromatic heterocycles. The number of ether oxygens (including phenoxy) is 1. The Bertz CT molecular complexity index is 650. The lowest BCUT2D eigenvalue weighted by atomic mass is 10.0. The van der Waals surface area contributed by atoms with Crippen molar-refractivity contribution in [3.05, 3.63) is 23.9 Å². The molecule has 7 heteroatoms. The summed E-state index contributed by atoms with van der Waals surface area (Å²) >= 11 is 0. The van der Waals surface area contributed by atoms with Crippen molar-refractivity contribution in [1.82, 2.24) is 20.5 Å². The minimum Gasteiger partial charge on any atom is -0.379 e. The Labute approximate surface area is 175 Å². The minimum absolute atomic E-state index is 0.0536. The largest absolute Gasteiger partial charge is 0.379 e. The molecule has 1 aromatic rings. The Kier molecular flexibility index (Phi) is 8.12. The molecule has 0 amide bonds. The minimum atomic E-state index is 0.0536. The third kappa shape index (κ3) is 6.57. The molecule has 3 rings (SSSR count). The van der Waals surface area contributed by atoms with Gasteiger partial charge >= 0.3 is 0 Å². The van der Waals surface area contributed by atoms with Crippen molar-refractivity contribution in [1.29, 1.82) is 0 Å². The number of pyridine rings is 1. The fraction of sp³-hybridized carbons (Fsp3) is 0.727. The molecule has 0 unspecified atom stereocenters. The monoisotopic (exact) mass is 402 g/mol. The molecule has 0 radical (unpaired) electrons. The third-order valence-electron chi connectivity index (χ3n) is 5.81. The second-order valence-corrected chi connectivity index (χ2v) is 8.53. The molecule has 2 aliphatic heterocycles. The van der Waals surface area contributed by atoms with Crippen molar-refractivity contribution in [2.75, 3.05) is 57.4 Å². The average molecular weight is 403 g/mol. The van der Waals surface area contributed by atoms with Gasteiger partial charge < -0.3 is 20.3 Å². The lowest BCUT2D eigenvalue weighted by molar-refractivity contribution is -0.00834. The zero-order valence-corrected chi connectivity index (χ0v) is 18.4. The van der Waals surface area contributed by atoms with E-state index in [0.29, 0.717) is 6.54 Å². The number of piperidine rings is 1. The van der Waals surface area contributed by atoms with Crippen molar-refractivity contribution in [3.63, 3.8) is 0 Å². The van der Waals surface area contributed by atoms with E-state index in [1.54, 1.807) is 0 Å². The first-order valence-electron chi connectivity index (χ1n) is 11.1. The molecule has 2 fully saturated rings. The van der Waals surface area contributed by atoms with Crippen LogP contribution in [0.2, 0.25) is 0 Å². The SMILES string of the molecule is CCNC(=NCc1ccnc(N2CCCCC2)c1)NCC(C)(C)N1CCOCC1. The number of hydrogen-bond donors (Lipinski definition) is 2. The Hall–Kier alpha value is -1.86. The van der Waals surface area contributed by atoms with Gasteiger partial charge in [0.1, 0.15) is 5.82 Å². The molecule has 2 saturated heterocycles. The molecule has 0 aliphatic carbocycles. The zero-order chi connectivity index (χ0) is 20.5. The van der Waals surface area contributed by atoms with Gasteiger partial charge in [0.2, 0.25) is 0 Å². The van der Waals surface area contributed by atoms with Gasteiger partial charge in [0.15, 0.2) is 5.96 Å². The first kappa shape index (κ1) is 21.8. The molecule has 0 bridgehead atoms. The van der Waals surface area contributed by atoms with Crippen LogP contribution in [0.15, 0.2) is 23.3 Å². The van der Waals surface area contributed by atoms with Crippen LogP contribution in [0.1, 0.15) is 45.6 Å². The highest BCUT2D eigenvalue weighted by Crippen LogP contribution is 2.19. The Morgan fingerprint density at radius 3 is 2.62 bits per heavy atom. The summed E-state index contributed by atoms with van der Waals surface area (Å²) in [6, 6.07) is 4.26. The van der Waals surface area contributed by atoms with E-state index in [9.17, 15) is 0 Å². The fourth-order valence-corrected chi connectivity index (χ4v) is 3.95. The number of rotatable bonds is 7. The van der Waals surface area contributed by atoms with Gasteiger partial charge in [0, 0.05) is 51.0 Å². The van der Waals surface area contributed by atoms with E-state index in [1.807, 2.05) is 6.20 Å². The lowest BCUT2D eigenvalue weighted by Gasteiger charge is -2.41. The van der Waals surface area contributed by atoms with Gasteiger partial charge in [-0.05, 0) is 57.7 Å². The fourth-order valence-electron chi connectivity index (χ4n) is 3.95. The summed E-state index contributed by atoms with van der Waals surface area (Å²) < 4.78 is 5.49. The highest BCUT2D eigenvalue weighted by Gasteiger charge is 2.28. The van der Waals surface area contributed by atoms with Crippen LogP contribution >= 0.6 is 0 Å². The van der Waals surface area contributed by atoms with Crippen LogP contribution in [0.25, 0.3) is 0 Å². The Morgan fingerprint density at radius 2 is 1.90 bits per heavy atom. The van der Waals surface area contributed by atoms with Crippen LogP contribution in [0.4, 0.5) is 5.82 Å². The van der Waals surface area contributed by atoms with Crippen LogP contribution in [-0.2, 0) is 11.3 Å². The lowest BCUT2D eigenvalue weighted by Crippen LogP contribution is -2.56. The van der Waals surface area contributed by atoms with E-state index in [1.165, 1.54) is 24.8 Å². The molecule has 162 valence electrons. The number of aromatic nitrogens is 1. The number of morpholine rings is 1. The van der Waals surface area contributed by atoms with E-state index in [2.05, 4.69) is 58.3 Å². The number of nitrogens with one attached hydrogen (secondary N) is 2. The molecule has 3 heterocycles. The quantitative estimate of drug-likeness (QED) is 0.539. The van der Waals surface area contributed by atoms with Crippen molar-refractivity contribution >= 4 is 11.8 Å². The summed E-state index contributed by atoms with van der Waals surface area (Å²) in [7, 11) is 0. The molecule has 2 N–H and O–H groups in total. The normalized spacial score (nSPS) is 19.3. The van der Waals surface area contributed by atoms with E-state index in [0.717, 1.165) is 64.3 Å². The highest BCUT2D eigenvalue weighted by molar-refractivity contribution is 5.79. The van der Waals surface area contributed by atoms with Crippen LogP contribution in [0.3, 0.4) is 0 Å². The standard InChI is InChI=1S/C22H38N6O/c1-4-23-21(26-18-22(2,3)28-12-14-29-15-13-28)25-17-19-8-9-24-20(16-19)27-10-6-5-7-11-27/h8-9,16H,4-7,10-15,17-18H2,1-3H3,(H2,23,25,26). The molecule has 0 aromatic carbocycles. The van der Waals surface area contributed by atoms with Crippen LogP contribution in [0, 0.1) is 0 Å². The summed E-state index contributed by atoms with van der Waals surface area (Å²) in [5.41, 5.74) is 1.25. The number of anilines is 1. The molecule has 0 saturated carbocycles. The molecular weight excluding hydrogens is 364 g/mol. The van der Waals surface area contributed by atoms with Gasteiger partial charge in [0.05, 0.1) is 19.8 Å². The topological polar surface area (TPSA) is 65.0 Å². The predicted molar refractivity (Wildman–Crippen MR) is 120 cm³/mol. The highest BCUT2D eigenvalue weighted by atomic mass is 16.5. The summed E-state index contributed by atoms with van der Waals surface area (Å²) in [5, 5.41) is 6.91. The van der Waals surface area contributed by atoms with E-state index < -0.39 is 0 Å². The van der Waals surface area contributed by atoms with Crippen LogP contribution in [0.5, 0.6) is 0 Å². The van der Waals surface area contributed by atoms with Crippen LogP contribution in [-0.4, -0.2) is 73.9 Å². The van der Waals surface area contributed by atoms with Gasteiger partial charge in [-0.3, -0.25) is 4.90 Å². The molecule has 0 atom stereocenters. The third-order valence-corrected chi connectivity index (χ3v) is 5.81. The first-order chi connectivity index (χ1) is 14.1. The number of aliphatic imine (C=N–C) groups is 1. The maximum Gasteiger partial charge on any atom is 0.191 e. The van der Waals surface area contributed by atoms with Gasteiger partial charge in [0.25, 0.3) is 0 Å². The van der Waals surface area contributed by atoms with Gasteiger partial charge in [-0.1, -0.05) is 0 Å². The number of hydrogen-bond acceptors (Lipinski definition) is 5. The first-order valence-corrected chi connectivity index (χ1v) is 11.1. The smallest absolute Gasteiger partial charge is 0.191 e. The predicted octanol–water partition coefficient (Wildman–Crippen LogP) is 2.24. The maximum atomic E-state index is 5.49. The molecular formula is C22H38N6O. The molecule has 7 nitrogen and oxygen atoms in total. The Morgan fingerprint density at radius 1 is 1.14 bits per heavy atom. The van der Waals surface area contributed by atoms with E-state index in [4.69, 9.17) is 9.73 Å². The Balaban J connectivity index is 1.58. The van der Waals surface area contributed by atoms with Crippen LogP contribution < -0.4 is 15.5 Å². The summed E-state index contributed by atoms with van der Waals surface area (Å²) in [5.74, 6) is 1.95. The van der Waals surface area contributed by atoms with Crippen molar-refractivity contribution in [2.24, 2.45) is 4.99 Å². The van der Waals surface area contributed by atoms with Crippen molar-refractivity contribution < 1.29 is 4.74 Å². The van der Waals surface area contributed by atoms with Crippen molar-refractivity contribution in [3.8, 4) is 0 Å².